The van der Waals surface area contributed by atoms with E-state index < -0.39 is 15.1 Å². The topological polar surface area (TPSA) is 64.8 Å². The maximum atomic E-state index is 12.1. The molecule has 0 radical (unpaired) electrons. The number of nitrogens with zero attached hydrogens (tertiary/aromatic N) is 3. The summed E-state index contributed by atoms with van der Waals surface area (Å²) in [5.41, 5.74) is 0. The second kappa shape index (κ2) is 5.17. The Kier molecular flexibility index (Phi) is 3.96. The Labute approximate surface area is 112 Å². The van der Waals surface area contributed by atoms with E-state index in [9.17, 15) is 8.42 Å². The largest absolute Gasteiger partial charge is 0.310 e. The van der Waals surface area contributed by atoms with Crippen LogP contribution in [0.4, 0.5) is 0 Å². The van der Waals surface area contributed by atoms with Gasteiger partial charge in [-0.25, -0.2) is 8.42 Å². The number of hydrogen-bond donors (Lipinski definition) is 0. The summed E-state index contributed by atoms with van der Waals surface area (Å²) in [6.07, 6.45) is 2.30. The van der Waals surface area contributed by atoms with Gasteiger partial charge >= 0.3 is 0 Å². The lowest BCUT2D eigenvalue weighted by atomic mass is 10.1. The highest BCUT2D eigenvalue weighted by molar-refractivity contribution is 7.91. The lowest BCUT2D eigenvalue weighted by molar-refractivity contribution is 0.502. The van der Waals surface area contributed by atoms with Crippen molar-refractivity contribution in [3.8, 4) is 0 Å². The number of halogens is 1. The molecule has 0 bridgehead atoms. The summed E-state index contributed by atoms with van der Waals surface area (Å²) in [7, 11) is -3.09. The first-order valence-electron chi connectivity index (χ1n) is 6.18. The highest BCUT2D eigenvalue weighted by Crippen LogP contribution is 2.33. The van der Waals surface area contributed by atoms with Crippen LogP contribution in [0.2, 0.25) is 0 Å². The van der Waals surface area contributed by atoms with E-state index in [2.05, 4.69) is 10.2 Å². The molecule has 1 aromatic rings. The maximum absolute atomic E-state index is 12.1. The number of alkyl halides is 1. The summed E-state index contributed by atoms with van der Waals surface area (Å²) >= 11 is 5.83. The smallest absolute Gasteiger partial charge is 0.160 e. The van der Waals surface area contributed by atoms with Gasteiger partial charge in [-0.1, -0.05) is 6.42 Å². The van der Waals surface area contributed by atoms with Gasteiger partial charge < -0.3 is 4.57 Å². The van der Waals surface area contributed by atoms with Crippen molar-refractivity contribution in [1.29, 1.82) is 0 Å². The van der Waals surface area contributed by atoms with Gasteiger partial charge in [0.25, 0.3) is 0 Å². The molecule has 2 rings (SSSR count). The molecule has 0 N–H and O–H groups in total. The Morgan fingerprint density at radius 1 is 1.39 bits per heavy atom. The first-order chi connectivity index (χ1) is 8.47. The van der Waals surface area contributed by atoms with Crippen LogP contribution < -0.4 is 0 Å². The Balaban J connectivity index is 2.47. The predicted molar refractivity (Wildman–Crippen MR) is 70.3 cm³/mol. The third-order valence-corrected chi connectivity index (χ3v) is 5.71. The van der Waals surface area contributed by atoms with Gasteiger partial charge in [-0.05, 0) is 26.7 Å². The average molecular weight is 292 g/mol. The van der Waals surface area contributed by atoms with Crippen LogP contribution in [0, 0.1) is 0 Å². The summed E-state index contributed by atoms with van der Waals surface area (Å²) < 4.78 is 26.1. The molecule has 0 aromatic carbocycles. The second-order valence-corrected chi connectivity index (χ2v) is 7.49. The molecular weight excluding hydrogens is 274 g/mol. The molecule has 7 heteroatoms. The third kappa shape index (κ3) is 2.40. The number of rotatable bonds is 3. The summed E-state index contributed by atoms with van der Waals surface area (Å²) in [5, 5.41) is 7.57. The summed E-state index contributed by atoms with van der Waals surface area (Å²) in [6.45, 7) is 3.97. The number of hydrogen-bond acceptors (Lipinski definition) is 4. The summed E-state index contributed by atoms with van der Waals surface area (Å²) in [6, 6.07) is 0.112. The van der Waals surface area contributed by atoms with Crippen LogP contribution in [0.3, 0.4) is 0 Å². The highest BCUT2D eigenvalue weighted by Gasteiger charge is 2.35. The lowest BCUT2D eigenvalue weighted by Gasteiger charge is -2.23. The minimum Gasteiger partial charge on any atom is -0.310 e. The second-order valence-electron chi connectivity index (χ2n) is 4.92. The average Bonchev–Trinajstić information content (AvgIpc) is 2.71. The molecule has 5 nitrogen and oxygen atoms in total. The monoisotopic (exact) mass is 291 g/mol. The van der Waals surface area contributed by atoms with E-state index in [1.54, 1.807) is 0 Å². The van der Waals surface area contributed by atoms with Crippen LogP contribution in [0.5, 0.6) is 0 Å². The van der Waals surface area contributed by atoms with Gasteiger partial charge in [-0.15, -0.1) is 21.8 Å². The first-order valence-corrected chi connectivity index (χ1v) is 8.43. The fourth-order valence-corrected chi connectivity index (χ4v) is 4.54. The van der Waals surface area contributed by atoms with Gasteiger partial charge in [-0.2, -0.15) is 0 Å². The van der Waals surface area contributed by atoms with Crippen LogP contribution in [-0.4, -0.2) is 28.9 Å². The Hall–Kier alpha value is -0.620. The molecule has 1 aliphatic heterocycles. The maximum Gasteiger partial charge on any atom is 0.160 e. The van der Waals surface area contributed by atoms with E-state index in [0.717, 1.165) is 12.8 Å². The van der Waals surface area contributed by atoms with Gasteiger partial charge in [0.1, 0.15) is 11.1 Å². The molecule has 18 heavy (non-hydrogen) atoms. The Morgan fingerprint density at radius 3 is 2.67 bits per heavy atom. The molecule has 1 aromatic heterocycles. The molecule has 1 fully saturated rings. The van der Waals surface area contributed by atoms with E-state index in [1.165, 1.54) is 0 Å². The fourth-order valence-electron chi connectivity index (χ4n) is 2.46. The van der Waals surface area contributed by atoms with E-state index >= 15 is 0 Å². The van der Waals surface area contributed by atoms with Crippen molar-refractivity contribution in [3.63, 3.8) is 0 Å². The van der Waals surface area contributed by atoms with Crippen molar-refractivity contribution in [1.82, 2.24) is 14.8 Å². The SMILES string of the molecule is CC(C)n1c(CCl)nnc1C1CCCCS1(=O)=O. The van der Waals surface area contributed by atoms with E-state index in [1.807, 2.05) is 18.4 Å². The number of aromatic nitrogens is 3. The standard InChI is InChI=1S/C11H18ClN3O2S/c1-8(2)15-10(7-12)13-14-11(15)9-5-3-4-6-18(9,16)17/h8-9H,3-7H2,1-2H3. The highest BCUT2D eigenvalue weighted by atomic mass is 35.5. The molecule has 0 aliphatic carbocycles. The molecule has 1 unspecified atom stereocenters. The normalized spacial score (nSPS) is 23.4. The molecule has 0 amide bonds. The lowest BCUT2D eigenvalue weighted by Crippen LogP contribution is -2.25. The van der Waals surface area contributed by atoms with E-state index in [-0.39, 0.29) is 17.7 Å². The first kappa shape index (κ1) is 13.8. The van der Waals surface area contributed by atoms with Crippen molar-refractivity contribution >= 4 is 21.4 Å². The molecule has 1 atom stereocenters. The van der Waals surface area contributed by atoms with Crippen molar-refractivity contribution < 1.29 is 8.42 Å². The van der Waals surface area contributed by atoms with Crippen LogP contribution in [0.1, 0.15) is 56.1 Å². The van der Waals surface area contributed by atoms with E-state index in [0.29, 0.717) is 18.1 Å². The zero-order chi connectivity index (χ0) is 13.3. The van der Waals surface area contributed by atoms with Crippen LogP contribution in [-0.2, 0) is 15.7 Å². The molecule has 2 heterocycles. The Bertz CT molecular complexity index is 524. The third-order valence-electron chi connectivity index (χ3n) is 3.30. The zero-order valence-electron chi connectivity index (χ0n) is 10.6. The van der Waals surface area contributed by atoms with Crippen molar-refractivity contribution in [2.75, 3.05) is 5.75 Å². The van der Waals surface area contributed by atoms with Crippen molar-refractivity contribution in [2.24, 2.45) is 0 Å². The predicted octanol–water partition coefficient (Wildman–Crippen LogP) is 2.24. The fraction of sp³-hybridized carbons (Fsp3) is 0.818. The van der Waals surface area contributed by atoms with Crippen molar-refractivity contribution in [2.45, 2.75) is 50.3 Å². The summed E-state index contributed by atoms with van der Waals surface area (Å²) in [4.78, 5) is 0. The van der Waals surface area contributed by atoms with Gasteiger partial charge in [0.2, 0.25) is 0 Å². The zero-order valence-corrected chi connectivity index (χ0v) is 12.2. The molecular formula is C11H18ClN3O2S. The van der Waals surface area contributed by atoms with Gasteiger partial charge in [0, 0.05) is 6.04 Å². The van der Waals surface area contributed by atoms with Gasteiger partial charge in [0.05, 0.1) is 11.6 Å². The van der Waals surface area contributed by atoms with Gasteiger partial charge in [-0.3, -0.25) is 0 Å². The van der Waals surface area contributed by atoms with Crippen molar-refractivity contribution in [3.05, 3.63) is 11.6 Å². The minimum atomic E-state index is -3.09. The van der Waals surface area contributed by atoms with Crippen LogP contribution in [0.25, 0.3) is 0 Å². The number of sulfone groups is 1. The summed E-state index contributed by atoms with van der Waals surface area (Å²) in [5.74, 6) is 1.69. The molecule has 1 saturated heterocycles. The van der Waals surface area contributed by atoms with Crippen LogP contribution in [0.15, 0.2) is 0 Å². The molecule has 102 valence electrons. The van der Waals surface area contributed by atoms with Crippen LogP contribution >= 0.6 is 11.6 Å². The molecule has 0 spiro atoms. The molecule has 1 aliphatic rings. The minimum absolute atomic E-state index is 0.112. The van der Waals surface area contributed by atoms with Gasteiger partial charge in [0.15, 0.2) is 15.7 Å². The Morgan fingerprint density at radius 2 is 2.11 bits per heavy atom. The quantitative estimate of drug-likeness (QED) is 0.801. The van der Waals surface area contributed by atoms with E-state index in [4.69, 9.17) is 11.6 Å². The molecule has 0 saturated carbocycles.